The predicted octanol–water partition coefficient (Wildman–Crippen LogP) is 2.60. The number of carboxylic acid groups (broad SMARTS) is 1. The molecule has 4 heterocycles. The van der Waals surface area contributed by atoms with Gasteiger partial charge in [-0.1, -0.05) is 18.2 Å². The molecule has 0 spiro atoms. The fourth-order valence-electron chi connectivity index (χ4n) is 3.96. The molecule has 0 unspecified atom stereocenters. The lowest BCUT2D eigenvalue weighted by Gasteiger charge is -2.21. The van der Waals surface area contributed by atoms with Gasteiger partial charge in [-0.3, -0.25) is 9.78 Å². The Balaban J connectivity index is 0.000000730. The molecule has 0 amide bonds. The molecule has 0 bridgehead atoms. The van der Waals surface area contributed by atoms with Crippen LogP contribution in [-0.2, 0) is 16.0 Å². The monoisotopic (exact) mass is 418 g/mol. The van der Waals surface area contributed by atoms with Crippen molar-refractivity contribution in [1.82, 2.24) is 24.5 Å². The van der Waals surface area contributed by atoms with E-state index in [2.05, 4.69) is 48.8 Å². The van der Waals surface area contributed by atoms with E-state index in [0.29, 0.717) is 12.5 Å². The third kappa shape index (κ3) is 4.36. The van der Waals surface area contributed by atoms with Gasteiger partial charge in [0.25, 0.3) is 6.47 Å². The molecule has 9 heteroatoms. The van der Waals surface area contributed by atoms with Crippen molar-refractivity contribution >= 4 is 23.3 Å². The summed E-state index contributed by atoms with van der Waals surface area (Å²) < 4.78 is 8.05. The molecule has 3 N–H and O–H groups in total. The standard InChI is InChI=1S/C21H20N6O.CH2O2/c22-21-25-10-16(11-26-21)20-24-7-8-27(20)19-13-28-12-15(19)9-14-5-6-23-18-4-2-1-3-17(14)18;2-1-3/h1-8,10-11,15,19H,9,12-13H2,(H2,22,25,26);1H,(H,2,3)/t15-,19-;/m1./s1. The maximum absolute atomic E-state index is 8.36. The third-order valence-corrected chi connectivity index (χ3v) is 5.34. The van der Waals surface area contributed by atoms with Gasteiger partial charge in [-0.15, -0.1) is 0 Å². The molecule has 3 aromatic heterocycles. The number of aromatic nitrogens is 5. The lowest BCUT2D eigenvalue weighted by Crippen LogP contribution is -2.20. The topological polar surface area (TPSA) is 129 Å². The summed E-state index contributed by atoms with van der Waals surface area (Å²) in [5.41, 5.74) is 8.79. The number of pyridine rings is 1. The first-order valence-electron chi connectivity index (χ1n) is 9.80. The Morgan fingerprint density at radius 3 is 2.68 bits per heavy atom. The zero-order valence-electron chi connectivity index (χ0n) is 16.7. The second-order valence-electron chi connectivity index (χ2n) is 7.15. The zero-order chi connectivity index (χ0) is 21.6. The highest BCUT2D eigenvalue weighted by Crippen LogP contribution is 2.33. The second-order valence-corrected chi connectivity index (χ2v) is 7.15. The summed E-state index contributed by atoms with van der Waals surface area (Å²) in [6.07, 6.45) is 10.0. The fourth-order valence-corrected chi connectivity index (χ4v) is 3.96. The van der Waals surface area contributed by atoms with E-state index < -0.39 is 0 Å². The second kappa shape index (κ2) is 9.31. The number of nitrogens with zero attached hydrogens (tertiary/aromatic N) is 5. The van der Waals surface area contributed by atoms with Gasteiger partial charge in [0.1, 0.15) is 5.82 Å². The largest absolute Gasteiger partial charge is 0.483 e. The predicted molar refractivity (Wildman–Crippen MR) is 115 cm³/mol. The van der Waals surface area contributed by atoms with E-state index in [4.69, 9.17) is 20.4 Å². The number of nitrogens with two attached hydrogens (primary N) is 1. The van der Waals surface area contributed by atoms with Crippen LogP contribution >= 0.6 is 0 Å². The van der Waals surface area contributed by atoms with Crippen LogP contribution in [0.15, 0.2) is 61.3 Å². The summed E-state index contributed by atoms with van der Waals surface area (Å²) in [7, 11) is 0. The van der Waals surface area contributed by atoms with Crippen molar-refractivity contribution in [3.05, 3.63) is 66.9 Å². The number of rotatable bonds is 4. The van der Waals surface area contributed by atoms with Crippen molar-refractivity contribution in [3.8, 4) is 11.4 Å². The van der Waals surface area contributed by atoms with Crippen molar-refractivity contribution in [1.29, 1.82) is 0 Å². The zero-order valence-corrected chi connectivity index (χ0v) is 16.7. The molecule has 0 aliphatic carbocycles. The summed E-state index contributed by atoms with van der Waals surface area (Å²) in [6.45, 7) is 1.13. The minimum absolute atomic E-state index is 0.196. The molecule has 5 rings (SSSR count). The summed E-state index contributed by atoms with van der Waals surface area (Å²) >= 11 is 0. The van der Waals surface area contributed by atoms with Gasteiger partial charge in [0.2, 0.25) is 5.95 Å². The van der Waals surface area contributed by atoms with Gasteiger partial charge in [-0.2, -0.15) is 0 Å². The molecule has 9 nitrogen and oxygen atoms in total. The summed E-state index contributed by atoms with van der Waals surface area (Å²) in [5.74, 6) is 1.43. The first-order chi connectivity index (χ1) is 15.2. The average molecular weight is 418 g/mol. The highest BCUT2D eigenvalue weighted by Gasteiger charge is 2.31. The Morgan fingerprint density at radius 1 is 1.10 bits per heavy atom. The smallest absolute Gasteiger partial charge is 0.290 e. The summed E-state index contributed by atoms with van der Waals surface area (Å²) in [6, 6.07) is 10.6. The highest BCUT2D eigenvalue weighted by molar-refractivity contribution is 5.81. The maximum Gasteiger partial charge on any atom is 0.290 e. The molecule has 158 valence electrons. The van der Waals surface area contributed by atoms with Gasteiger partial charge in [-0.05, 0) is 24.1 Å². The van der Waals surface area contributed by atoms with Gasteiger partial charge in [-0.25, -0.2) is 15.0 Å². The molecule has 1 fully saturated rings. The lowest BCUT2D eigenvalue weighted by molar-refractivity contribution is -0.122. The lowest BCUT2D eigenvalue weighted by atomic mass is 9.93. The molecule has 31 heavy (non-hydrogen) atoms. The Bertz CT molecular complexity index is 1160. The van der Waals surface area contributed by atoms with Gasteiger partial charge in [0.05, 0.1) is 30.3 Å². The summed E-state index contributed by atoms with van der Waals surface area (Å²) in [5, 5.41) is 8.09. The van der Waals surface area contributed by atoms with Crippen molar-refractivity contribution in [2.45, 2.75) is 12.5 Å². The number of carbonyl (C=O) groups is 1. The van der Waals surface area contributed by atoms with Crippen LogP contribution in [0.3, 0.4) is 0 Å². The number of ether oxygens (including phenoxy) is 1. The molecule has 1 aliphatic rings. The van der Waals surface area contributed by atoms with Crippen LogP contribution in [0.4, 0.5) is 5.95 Å². The van der Waals surface area contributed by atoms with Crippen LogP contribution in [0.1, 0.15) is 11.6 Å². The first kappa shape index (κ1) is 20.4. The molecule has 1 saturated heterocycles. The SMILES string of the molecule is Nc1ncc(-c2nccn2[C@@H]2COC[C@H]2Cc2ccnc3ccccc23)cn1.O=CO. The van der Waals surface area contributed by atoms with Gasteiger partial charge in [0, 0.05) is 42.3 Å². The number of benzene rings is 1. The molecule has 0 saturated carbocycles. The highest BCUT2D eigenvalue weighted by atomic mass is 16.5. The fraction of sp³-hybridized carbons (Fsp3) is 0.227. The summed E-state index contributed by atoms with van der Waals surface area (Å²) in [4.78, 5) is 25.6. The molecule has 2 atom stereocenters. The van der Waals surface area contributed by atoms with Crippen LogP contribution in [0, 0.1) is 5.92 Å². The van der Waals surface area contributed by atoms with Crippen molar-refractivity contribution in [2.75, 3.05) is 18.9 Å². The van der Waals surface area contributed by atoms with Crippen molar-refractivity contribution in [2.24, 2.45) is 5.92 Å². The third-order valence-electron chi connectivity index (χ3n) is 5.34. The van der Waals surface area contributed by atoms with Crippen molar-refractivity contribution in [3.63, 3.8) is 0 Å². The van der Waals surface area contributed by atoms with E-state index in [9.17, 15) is 0 Å². The van der Waals surface area contributed by atoms with Crippen LogP contribution in [0.25, 0.3) is 22.3 Å². The number of imidazole rings is 1. The number of hydrogen-bond acceptors (Lipinski definition) is 7. The van der Waals surface area contributed by atoms with Gasteiger partial charge >= 0.3 is 0 Å². The molecule has 1 aliphatic heterocycles. The molecule has 0 radical (unpaired) electrons. The minimum atomic E-state index is -0.250. The van der Waals surface area contributed by atoms with E-state index in [1.165, 1.54) is 10.9 Å². The molecular formula is C22H22N6O3. The van der Waals surface area contributed by atoms with E-state index in [1.807, 2.05) is 24.7 Å². The normalized spacial score (nSPS) is 17.8. The van der Waals surface area contributed by atoms with Crippen LogP contribution < -0.4 is 5.73 Å². The Labute approximate surface area is 178 Å². The average Bonchev–Trinajstić information content (AvgIpc) is 3.44. The number of nitrogen functional groups attached to an aromatic ring is 1. The van der Waals surface area contributed by atoms with E-state index in [0.717, 1.165) is 29.9 Å². The molecular weight excluding hydrogens is 396 g/mol. The van der Waals surface area contributed by atoms with Crippen LogP contribution in [-0.4, -0.2) is 49.3 Å². The Kier molecular flexibility index (Phi) is 6.13. The van der Waals surface area contributed by atoms with Crippen molar-refractivity contribution < 1.29 is 14.6 Å². The first-order valence-corrected chi connectivity index (χ1v) is 9.80. The number of para-hydroxylation sites is 1. The van der Waals surface area contributed by atoms with E-state index in [1.54, 1.807) is 12.4 Å². The number of fused-ring (bicyclic) bond motifs is 1. The molecule has 1 aromatic carbocycles. The van der Waals surface area contributed by atoms with Gasteiger partial charge < -0.3 is 20.1 Å². The molecule has 4 aromatic rings. The van der Waals surface area contributed by atoms with Crippen LogP contribution in [0.2, 0.25) is 0 Å². The number of anilines is 1. The Morgan fingerprint density at radius 2 is 1.87 bits per heavy atom. The minimum Gasteiger partial charge on any atom is -0.483 e. The van der Waals surface area contributed by atoms with Crippen LogP contribution in [0.5, 0.6) is 0 Å². The Hall–Kier alpha value is -3.85. The quantitative estimate of drug-likeness (QED) is 0.484. The van der Waals surface area contributed by atoms with Gasteiger partial charge in [0.15, 0.2) is 0 Å². The maximum atomic E-state index is 8.36. The van der Waals surface area contributed by atoms with E-state index >= 15 is 0 Å². The van der Waals surface area contributed by atoms with E-state index in [-0.39, 0.29) is 18.5 Å². The number of hydrogen-bond donors (Lipinski definition) is 2.